The molecule has 0 aromatic heterocycles. The number of hydrogen-bond acceptors (Lipinski definition) is 7. The number of aliphatic hydroxyl groups excluding tert-OH is 4. The van der Waals surface area contributed by atoms with Gasteiger partial charge in [-0.1, -0.05) is 0 Å². The normalized spacial score (nSPS) is 40.7. The lowest BCUT2D eigenvalue weighted by Crippen LogP contribution is -2.65. The number of nitrogens with two attached hydrogens (primary N) is 1. The lowest BCUT2D eigenvalue weighted by Gasteiger charge is -2.46. The van der Waals surface area contributed by atoms with Crippen LogP contribution < -0.4 is 5.73 Å². The molecular formula is C12H22N2O6. The lowest BCUT2D eigenvalue weighted by atomic mass is 9.91. The van der Waals surface area contributed by atoms with E-state index in [0.29, 0.717) is 25.9 Å². The van der Waals surface area contributed by atoms with Crippen LogP contribution >= 0.6 is 0 Å². The van der Waals surface area contributed by atoms with E-state index in [4.69, 9.17) is 15.6 Å². The van der Waals surface area contributed by atoms with Gasteiger partial charge in [-0.2, -0.15) is 0 Å². The predicted molar refractivity (Wildman–Crippen MR) is 67.3 cm³/mol. The third-order valence-corrected chi connectivity index (χ3v) is 4.22. The molecule has 2 heterocycles. The molecule has 0 unspecified atom stereocenters. The van der Waals surface area contributed by atoms with Crippen molar-refractivity contribution in [1.82, 2.24) is 4.90 Å². The number of primary amides is 1. The quantitative estimate of drug-likeness (QED) is 0.373. The summed E-state index contributed by atoms with van der Waals surface area (Å²) in [5.74, 6) is -0.536. The Morgan fingerprint density at radius 2 is 1.80 bits per heavy atom. The summed E-state index contributed by atoms with van der Waals surface area (Å²) >= 11 is 0. The number of aliphatic hydroxyl groups is 4. The Hall–Kier alpha value is -0.770. The van der Waals surface area contributed by atoms with Gasteiger partial charge < -0.3 is 30.9 Å². The van der Waals surface area contributed by atoms with E-state index in [2.05, 4.69) is 0 Å². The fraction of sp³-hybridized carbons (Fsp3) is 0.917. The predicted octanol–water partition coefficient (Wildman–Crippen LogP) is -3.02. The molecule has 2 fully saturated rings. The molecule has 8 heteroatoms. The van der Waals surface area contributed by atoms with Crippen molar-refractivity contribution < 1.29 is 30.0 Å². The Balaban J connectivity index is 2.00. The highest BCUT2D eigenvalue weighted by Crippen LogP contribution is 2.27. The molecule has 0 aliphatic carbocycles. The molecular weight excluding hydrogens is 268 g/mol. The second kappa shape index (κ2) is 6.33. The Morgan fingerprint density at radius 1 is 1.20 bits per heavy atom. The first kappa shape index (κ1) is 15.6. The lowest BCUT2D eigenvalue weighted by molar-refractivity contribution is -0.273. The SMILES string of the molecule is NC(=O)C1CCN([C@@H]2[C@@H](O)[C@H](O)[C@@H](CO)O[C@@H]2O)CC1. The van der Waals surface area contributed by atoms with Crippen molar-refractivity contribution >= 4 is 5.91 Å². The number of ether oxygens (including phenoxy) is 1. The maximum Gasteiger partial charge on any atom is 0.220 e. The fourth-order valence-corrected chi connectivity index (χ4v) is 2.96. The first-order chi connectivity index (χ1) is 9.45. The average molecular weight is 290 g/mol. The summed E-state index contributed by atoms with van der Waals surface area (Å²) in [7, 11) is 0. The summed E-state index contributed by atoms with van der Waals surface area (Å²) in [6.45, 7) is 0.476. The van der Waals surface area contributed by atoms with Crippen LogP contribution in [0.4, 0.5) is 0 Å². The van der Waals surface area contributed by atoms with Crippen molar-refractivity contribution in [3.8, 4) is 0 Å². The van der Waals surface area contributed by atoms with E-state index in [1.54, 1.807) is 4.90 Å². The Labute approximate surface area is 116 Å². The Kier molecular flexibility index (Phi) is 4.95. The molecule has 2 aliphatic heterocycles. The van der Waals surface area contributed by atoms with Gasteiger partial charge in [0.1, 0.15) is 18.3 Å². The van der Waals surface area contributed by atoms with Gasteiger partial charge >= 0.3 is 0 Å². The number of rotatable bonds is 3. The van der Waals surface area contributed by atoms with E-state index < -0.39 is 37.3 Å². The zero-order chi connectivity index (χ0) is 14.9. The summed E-state index contributed by atoms with van der Waals surface area (Å²) in [5.41, 5.74) is 5.26. The number of carbonyl (C=O) groups is 1. The van der Waals surface area contributed by atoms with Crippen LogP contribution in [0, 0.1) is 5.92 Å². The van der Waals surface area contributed by atoms with Crippen molar-refractivity contribution in [1.29, 1.82) is 0 Å². The van der Waals surface area contributed by atoms with E-state index in [1.165, 1.54) is 0 Å². The molecule has 8 nitrogen and oxygen atoms in total. The van der Waals surface area contributed by atoms with Crippen molar-refractivity contribution in [2.45, 2.75) is 43.5 Å². The fourth-order valence-electron chi connectivity index (χ4n) is 2.96. The first-order valence-corrected chi connectivity index (χ1v) is 6.79. The van der Waals surface area contributed by atoms with Gasteiger partial charge in [0.2, 0.25) is 5.91 Å². The summed E-state index contributed by atoms with van der Waals surface area (Å²) < 4.78 is 5.12. The Bertz CT molecular complexity index is 347. The molecule has 2 rings (SSSR count). The van der Waals surface area contributed by atoms with Gasteiger partial charge in [0, 0.05) is 5.92 Å². The van der Waals surface area contributed by atoms with E-state index in [9.17, 15) is 20.1 Å². The molecule has 1 amide bonds. The van der Waals surface area contributed by atoms with E-state index in [1.807, 2.05) is 0 Å². The third kappa shape index (κ3) is 2.95. The largest absolute Gasteiger partial charge is 0.394 e. The van der Waals surface area contributed by atoms with Gasteiger partial charge in [-0.25, -0.2) is 0 Å². The van der Waals surface area contributed by atoms with Crippen LogP contribution in [0.5, 0.6) is 0 Å². The zero-order valence-electron chi connectivity index (χ0n) is 11.1. The van der Waals surface area contributed by atoms with E-state index in [-0.39, 0.29) is 11.8 Å². The standard InChI is InChI=1S/C12H22N2O6/c13-11(18)6-1-3-14(4-2-6)8-10(17)9(16)7(5-15)20-12(8)19/h6-10,12,15-17,19H,1-5H2,(H2,13,18)/t7-,8-,9-,10-,12+/m1/s1. The minimum Gasteiger partial charge on any atom is -0.394 e. The highest BCUT2D eigenvalue weighted by molar-refractivity contribution is 5.76. The van der Waals surface area contributed by atoms with Crippen molar-refractivity contribution in [3.05, 3.63) is 0 Å². The molecule has 20 heavy (non-hydrogen) atoms. The molecule has 0 bridgehead atoms. The Morgan fingerprint density at radius 3 is 2.30 bits per heavy atom. The van der Waals surface area contributed by atoms with Crippen LogP contribution in [0.3, 0.4) is 0 Å². The van der Waals surface area contributed by atoms with Crippen molar-refractivity contribution in [2.24, 2.45) is 11.7 Å². The number of amides is 1. The first-order valence-electron chi connectivity index (χ1n) is 6.79. The van der Waals surface area contributed by atoms with Crippen molar-refractivity contribution in [3.63, 3.8) is 0 Å². The summed E-state index contributed by atoms with van der Waals surface area (Å²) in [6, 6.07) is -0.776. The van der Waals surface area contributed by atoms with Gasteiger partial charge in [0.25, 0.3) is 0 Å². The van der Waals surface area contributed by atoms with Crippen LogP contribution in [0.25, 0.3) is 0 Å². The molecule has 0 aromatic rings. The molecule has 2 saturated heterocycles. The van der Waals surface area contributed by atoms with Crippen LogP contribution in [0.15, 0.2) is 0 Å². The molecule has 116 valence electrons. The molecule has 5 atom stereocenters. The van der Waals surface area contributed by atoms with Crippen LogP contribution in [-0.2, 0) is 9.53 Å². The zero-order valence-corrected chi connectivity index (χ0v) is 11.1. The third-order valence-electron chi connectivity index (χ3n) is 4.22. The maximum atomic E-state index is 11.1. The molecule has 6 N–H and O–H groups in total. The van der Waals surface area contributed by atoms with Crippen LogP contribution in [-0.4, -0.2) is 81.6 Å². The molecule has 0 radical (unpaired) electrons. The number of piperidine rings is 1. The smallest absolute Gasteiger partial charge is 0.220 e. The highest BCUT2D eigenvalue weighted by atomic mass is 16.6. The second-order valence-corrected chi connectivity index (χ2v) is 5.43. The van der Waals surface area contributed by atoms with Crippen molar-refractivity contribution in [2.75, 3.05) is 19.7 Å². The van der Waals surface area contributed by atoms with E-state index in [0.717, 1.165) is 0 Å². The van der Waals surface area contributed by atoms with Gasteiger partial charge in [-0.3, -0.25) is 9.69 Å². The topological polar surface area (TPSA) is 136 Å². The second-order valence-electron chi connectivity index (χ2n) is 5.43. The molecule has 0 spiro atoms. The molecule has 0 aromatic carbocycles. The average Bonchev–Trinajstić information content (AvgIpc) is 2.43. The van der Waals surface area contributed by atoms with Gasteiger partial charge in [-0.15, -0.1) is 0 Å². The van der Waals surface area contributed by atoms with Crippen LogP contribution in [0.1, 0.15) is 12.8 Å². The number of nitrogens with zero attached hydrogens (tertiary/aromatic N) is 1. The summed E-state index contributed by atoms with van der Waals surface area (Å²) in [5, 5.41) is 38.9. The minimum atomic E-state index is -1.30. The van der Waals surface area contributed by atoms with Gasteiger partial charge in [-0.05, 0) is 25.9 Å². The number of hydrogen-bond donors (Lipinski definition) is 5. The van der Waals surface area contributed by atoms with Crippen LogP contribution in [0.2, 0.25) is 0 Å². The van der Waals surface area contributed by atoms with E-state index >= 15 is 0 Å². The number of carbonyl (C=O) groups excluding carboxylic acids is 1. The maximum absolute atomic E-state index is 11.1. The van der Waals surface area contributed by atoms with Gasteiger partial charge in [0.05, 0.1) is 12.6 Å². The monoisotopic (exact) mass is 290 g/mol. The molecule has 0 saturated carbocycles. The number of likely N-dealkylation sites (tertiary alicyclic amines) is 1. The minimum absolute atomic E-state index is 0.194. The highest BCUT2D eigenvalue weighted by Gasteiger charge is 2.46. The summed E-state index contributed by atoms with van der Waals surface area (Å²) in [6.07, 6.45) is -3.69. The summed E-state index contributed by atoms with van der Waals surface area (Å²) in [4.78, 5) is 12.9. The molecule has 2 aliphatic rings. The van der Waals surface area contributed by atoms with Gasteiger partial charge in [0.15, 0.2) is 6.29 Å².